The number of benzene rings is 1. The van der Waals surface area contributed by atoms with E-state index in [0.29, 0.717) is 0 Å². The molecule has 3 aromatic heterocycles. The Balaban J connectivity index is 2.44. The molecule has 0 bridgehead atoms. The van der Waals surface area contributed by atoms with E-state index in [0.717, 1.165) is 18.5 Å². The molecule has 4 aromatic rings. The Morgan fingerprint density at radius 2 is 1.56 bits per heavy atom. The highest BCUT2D eigenvalue weighted by Gasteiger charge is 2.14. The van der Waals surface area contributed by atoms with Crippen LogP contribution < -0.4 is 0 Å². The summed E-state index contributed by atoms with van der Waals surface area (Å²) >= 11 is 10.6. The molecule has 0 saturated carbocycles. The van der Waals surface area contributed by atoms with Crippen molar-refractivity contribution in [2.24, 2.45) is 0 Å². The van der Waals surface area contributed by atoms with Gasteiger partial charge in [-0.2, -0.15) is 0 Å². The largest absolute Gasteiger partial charge is 0.244 e. The summed E-state index contributed by atoms with van der Waals surface area (Å²) in [7, 11) is 0. The summed E-state index contributed by atoms with van der Waals surface area (Å²) in [5, 5.41) is 3.66. The Morgan fingerprint density at radius 3 is 2.33 bits per heavy atom. The monoisotopic (exact) mass is 398 g/mol. The predicted octanol–water partition coefficient (Wildman–Crippen LogP) is 5.58. The van der Waals surface area contributed by atoms with E-state index in [1.807, 2.05) is 6.20 Å². The van der Waals surface area contributed by atoms with E-state index >= 15 is 0 Å². The average Bonchev–Trinajstić information content (AvgIpc) is 2.92. The summed E-state index contributed by atoms with van der Waals surface area (Å²) in [6.45, 7) is 0. The minimum atomic E-state index is 1.04. The molecule has 0 spiro atoms. The molecule has 0 N–H and O–H groups in total. The second-order valence-corrected chi connectivity index (χ2v) is 8.73. The van der Waals surface area contributed by atoms with E-state index in [2.05, 4.69) is 54.0 Å². The van der Waals surface area contributed by atoms with Crippen molar-refractivity contribution >= 4 is 85.6 Å². The molecule has 0 saturated heterocycles. The standard InChI is InChI=1S/C12H4Br2N2S2/c13-8-1-5-6-2-9(14)18-12(6)10-7(11(5)17-8)3-15-4-16-10/h1-4H. The van der Waals surface area contributed by atoms with Crippen LogP contribution in [0.15, 0.2) is 32.2 Å². The van der Waals surface area contributed by atoms with Crippen LogP contribution in [0, 0.1) is 0 Å². The van der Waals surface area contributed by atoms with E-state index in [1.165, 1.54) is 20.2 Å². The second-order valence-electron chi connectivity index (χ2n) is 3.87. The van der Waals surface area contributed by atoms with E-state index in [9.17, 15) is 0 Å². The number of nitrogens with zero attached hydrogens (tertiary/aromatic N) is 2. The maximum atomic E-state index is 4.45. The van der Waals surface area contributed by atoms with E-state index in [4.69, 9.17) is 0 Å². The zero-order chi connectivity index (χ0) is 12.3. The molecule has 0 aliphatic heterocycles. The molecule has 3 heterocycles. The molecule has 4 rings (SSSR count). The molecule has 18 heavy (non-hydrogen) atoms. The quantitative estimate of drug-likeness (QED) is 0.385. The molecule has 0 radical (unpaired) electrons. The van der Waals surface area contributed by atoms with Gasteiger partial charge in [0.15, 0.2) is 0 Å². The summed E-state index contributed by atoms with van der Waals surface area (Å²) < 4.78 is 4.73. The van der Waals surface area contributed by atoms with Crippen molar-refractivity contribution in [3.05, 3.63) is 32.2 Å². The lowest BCUT2D eigenvalue weighted by atomic mass is 10.1. The van der Waals surface area contributed by atoms with Crippen molar-refractivity contribution < 1.29 is 0 Å². The van der Waals surface area contributed by atoms with Gasteiger partial charge in [-0.25, -0.2) is 9.97 Å². The molecular formula is C12H4Br2N2S2. The molecule has 0 amide bonds. The second kappa shape index (κ2) is 3.96. The van der Waals surface area contributed by atoms with Gasteiger partial charge in [0.1, 0.15) is 6.33 Å². The van der Waals surface area contributed by atoms with Gasteiger partial charge in [-0.15, -0.1) is 22.7 Å². The van der Waals surface area contributed by atoms with Gasteiger partial charge in [0.2, 0.25) is 0 Å². The van der Waals surface area contributed by atoms with Crippen molar-refractivity contribution in [3.8, 4) is 0 Å². The van der Waals surface area contributed by atoms with Crippen LogP contribution in [0.4, 0.5) is 0 Å². The normalized spacial score (nSPS) is 11.9. The van der Waals surface area contributed by atoms with E-state index in [1.54, 1.807) is 29.0 Å². The summed E-state index contributed by atoms with van der Waals surface area (Å²) in [6, 6.07) is 4.34. The third kappa shape index (κ3) is 1.49. The number of rotatable bonds is 0. The third-order valence-corrected chi connectivity index (χ3v) is 6.18. The fourth-order valence-electron chi connectivity index (χ4n) is 2.17. The Morgan fingerprint density at radius 1 is 0.889 bits per heavy atom. The first-order chi connectivity index (χ1) is 8.74. The molecule has 0 aliphatic rings. The first-order valence-electron chi connectivity index (χ1n) is 5.14. The highest BCUT2D eigenvalue weighted by Crippen LogP contribution is 2.44. The van der Waals surface area contributed by atoms with Gasteiger partial charge in [0, 0.05) is 27.1 Å². The number of aromatic nitrogens is 2. The van der Waals surface area contributed by atoms with Crippen LogP contribution in [0.25, 0.3) is 31.1 Å². The van der Waals surface area contributed by atoms with Gasteiger partial charge in [-0.3, -0.25) is 0 Å². The lowest BCUT2D eigenvalue weighted by Crippen LogP contribution is -1.81. The van der Waals surface area contributed by atoms with Gasteiger partial charge in [0.25, 0.3) is 0 Å². The highest BCUT2D eigenvalue weighted by molar-refractivity contribution is 9.11. The Bertz CT molecular complexity index is 836. The zero-order valence-electron chi connectivity index (χ0n) is 8.78. The van der Waals surface area contributed by atoms with Crippen molar-refractivity contribution in [2.75, 3.05) is 0 Å². The SMILES string of the molecule is Brc1cc2c3cc(Br)sc3c3ncncc3c2s1. The van der Waals surface area contributed by atoms with E-state index < -0.39 is 0 Å². The molecule has 1 aromatic carbocycles. The molecule has 0 fully saturated rings. The molecule has 0 unspecified atom stereocenters. The maximum absolute atomic E-state index is 4.45. The lowest BCUT2D eigenvalue weighted by Gasteiger charge is -2.00. The smallest absolute Gasteiger partial charge is 0.116 e. The Labute approximate surface area is 127 Å². The highest BCUT2D eigenvalue weighted by atomic mass is 79.9. The number of hydrogen-bond acceptors (Lipinski definition) is 4. The van der Waals surface area contributed by atoms with E-state index in [-0.39, 0.29) is 0 Å². The van der Waals surface area contributed by atoms with Crippen LogP contribution in [0.2, 0.25) is 0 Å². The van der Waals surface area contributed by atoms with Crippen molar-refractivity contribution in [1.82, 2.24) is 9.97 Å². The van der Waals surface area contributed by atoms with Crippen molar-refractivity contribution in [1.29, 1.82) is 0 Å². The van der Waals surface area contributed by atoms with Crippen molar-refractivity contribution in [2.45, 2.75) is 0 Å². The molecule has 88 valence electrons. The summed E-state index contributed by atoms with van der Waals surface area (Å²) in [5.41, 5.74) is 1.04. The average molecular weight is 400 g/mol. The molecule has 6 heteroatoms. The number of fused-ring (bicyclic) bond motifs is 6. The predicted molar refractivity (Wildman–Crippen MR) is 85.7 cm³/mol. The van der Waals surface area contributed by atoms with Gasteiger partial charge in [0.05, 0.1) is 17.8 Å². The first kappa shape index (κ1) is 11.3. The maximum Gasteiger partial charge on any atom is 0.116 e. The van der Waals surface area contributed by atoms with Crippen LogP contribution in [0.5, 0.6) is 0 Å². The molecular weight excluding hydrogens is 396 g/mol. The van der Waals surface area contributed by atoms with Crippen LogP contribution >= 0.6 is 54.5 Å². The summed E-state index contributed by atoms with van der Waals surface area (Å²) in [6.07, 6.45) is 3.52. The fourth-order valence-corrected chi connectivity index (χ4v) is 5.42. The topological polar surface area (TPSA) is 25.8 Å². The molecule has 0 atom stereocenters. The molecule has 0 aliphatic carbocycles. The van der Waals surface area contributed by atoms with Crippen LogP contribution in [-0.4, -0.2) is 9.97 Å². The van der Waals surface area contributed by atoms with Gasteiger partial charge in [-0.05, 0) is 44.0 Å². The Hall–Kier alpha value is -0.560. The van der Waals surface area contributed by atoms with Crippen LogP contribution in [0.3, 0.4) is 0 Å². The first-order valence-corrected chi connectivity index (χ1v) is 8.36. The minimum absolute atomic E-state index is 1.04. The molecule has 2 nitrogen and oxygen atoms in total. The minimum Gasteiger partial charge on any atom is -0.244 e. The number of halogens is 2. The van der Waals surface area contributed by atoms with Crippen LogP contribution in [0.1, 0.15) is 0 Å². The Kier molecular flexibility index (Phi) is 2.49. The van der Waals surface area contributed by atoms with Crippen LogP contribution in [-0.2, 0) is 0 Å². The van der Waals surface area contributed by atoms with Crippen molar-refractivity contribution in [3.63, 3.8) is 0 Å². The third-order valence-electron chi connectivity index (χ3n) is 2.87. The lowest BCUT2D eigenvalue weighted by molar-refractivity contribution is 1.23. The summed E-state index contributed by atoms with van der Waals surface area (Å²) in [5.74, 6) is 0. The van der Waals surface area contributed by atoms with Gasteiger partial charge >= 0.3 is 0 Å². The summed E-state index contributed by atoms with van der Waals surface area (Å²) in [4.78, 5) is 8.61. The fraction of sp³-hybridized carbons (Fsp3) is 0. The number of thiophene rings is 2. The number of hydrogen-bond donors (Lipinski definition) is 0. The van der Waals surface area contributed by atoms with Gasteiger partial charge in [-0.1, -0.05) is 0 Å². The zero-order valence-corrected chi connectivity index (χ0v) is 13.6. The van der Waals surface area contributed by atoms with Gasteiger partial charge < -0.3 is 0 Å².